The van der Waals surface area contributed by atoms with Gasteiger partial charge in [0.2, 0.25) is 0 Å². The second-order valence-electron chi connectivity index (χ2n) is 15.0. The Morgan fingerprint density at radius 3 is 1.47 bits per heavy atom. The molecule has 0 radical (unpaired) electrons. The zero-order chi connectivity index (χ0) is 40.8. The number of halogens is 6. The molecular weight excluding hydrogens is 757 g/mol. The maximum atomic E-state index is 14.0. The summed E-state index contributed by atoms with van der Waals surface area (Å²) in [4.78, 5) is 3.69. The van der Waals surface area contributed by atoms with Crippen LogP contribution in [0.5, 0.6) is 0 Å². The summed E-state index contributed by atoms with van der Waals surface area (Å²) in [5.41, 5.74) is 6.95. The first-order valence-corrected chi connectivity index (χ1v) is 19.1. The van der Waals surface area contributed by atoms with Crippen LogP contribution in [0.25, 0.3) is 48.9 Å². The average molecular weight is 790 g/mol. The second kappa shape index (κ2) is 13.3. The van der Waals surface area contributed by atoms with E-state index in [1.54, 1.807) is 12.1 Å². The molecule has 0 bridgehead atoms. The summed E-state index contributed by atoms with van der Waals surface area (Å²) in [5.74, 6) is 0. The number of aryl methyl sites for hydroxylation is 2. The van der Waals surface area contributed by atoms with E-state index in [4.69, 9.17) is 0 Å². The lowest BCUT2D eigenvalue weighted by Crippen LogP contribution is -2.12. The van der Waals surface area contributed by atoms with Gasteiger partial charge in [0.15, 0.2) is 0 Å². The van der Waals surface area contributed by atoms with Crippen molar-refractivity contribution < 1.29 is 26.3 Å². The number of aromatic nitrogens is 1. The van der Waals surface area contributed by atoms with Crippen LogP contribution in [0.15, 0.2) is 164 Å². The third-order valence-electron chi connectivity index (χ3n) is 11.2. The Hall–Kier alpha value is -7.00. The number of alkyl halides is 6. The van der Waals surface area contributed by atoms with E-state index in [0.717, 1.165) is 72.1 Å². The van der Waals surface area contributed by atoms with Gasteiger partial charge in [0, 0.05) is 55.7 Å². The van der Waals surface area contributed by atoms with Crippen LogP contribution in [0, 0.1) is 13.8 Å². The SMILES string of the molecule is Cc1ccc(N(c2cccc(C(F)(F)F)c2)c2ccc3cc4c5ccc(N(c6ccc(C)cc6)c6cccc(C(F)(F)F)c6)cc5n5c6ccccc6c(c3c2)c45)cc1. The van der Waals surface area contributed by atoms with Gasteiger partial charge in [0.05, 0.1) is 27.7 Å². The monoisotopic (exact) mass is 789 g/mol. The van der Waals surface area contributed by atoms with Gasteiger partial charge in [-0.25, -0.2) is 0 Å². The van der Waals surface area contributed by atoms with Gasteiger partial charge in [-0.2, -0.15) is 26.3 Å². The fourth-order valence-corrected chi connectivity index (χ4v) is 8.47. The molecule has 0 atom stereocenters. The van der Waals surface area contributed by atoms with Crippen LogP contribution in [0.1, 0.15) is 22.3 Å². The number of para-hydroxylation sites is 1. The number of hydrogen-bond donors (Lipinski definition) is 0. The van der Waals surface area contributed by atoms with E-state index in [0.29, 0.717) is 34.1 Å². The van der Waals surface area contributed by atoms with Crippen LogP contribution in [-0.4, -0.2) is 4.40 Å². The minimum atomic E-state index is -4.52. The van der Waals surface area contributed by atoms with Crippen LogP contribution in [0.4, 0.5) is 60.5 Å². The molecule has 290 valence electrons. The van der Waals surface area contributed by atoms with Crippen molar-refractivity contribution in [2.24, 2.45) is 0 Å². The first-order valence-electron chi connectivity index (χ1n) is 19.1. The second-order valence-corrected chi connectivity index (χ2v) is 15.0. The highest BCUT2D eigenvalue weighted by Crippen LogP contribution is 2.47. The predicted molar refractivity (Wildman–Crippen MR) is 227 cm³/mol. The normalized spacial score (nSPS) is 12.4. The van der Waals surface area contributed by atoms with Crippen molar-refractivity contribution in [2.45, 2.75) is 26.2 Å². The van der Waals surface area contributed by atoms with Crippen molar-refractivity contribution in [3.63, 3.8) is 0 Å². The minimum absolute atomic E-state index is 0.374. The van der Waals surface area contributed by atoms with E-state index >= 15 is 0 Å². The number of nitrogens with zero attached hydrogens (tertiary/aromatic N) is 3. The van der Waals surface area contributed by atoms with Crippen LogP contribution in [-0.2, 0) is 12.4 Å². The number of rotatable bonds is 6. The zero-order valence-corrected chi connectivity index (χ0v) is 31.7. The summed E-state index contributed by atoms with van der Waals surface area (Å²) in [6.45, 7) is 3.93. The summed E-state index contributed by atoms with van der Waals surface area (Å²) in [6.07, 6.45) is -9.03. The van der Waals surface area contributed by atoms with E-state index in [-0.39, 0.29) is 0 Å². The molecule has 3 nitrogen and oxygen atoms in total. The first kappa shape index (κ1) is 36.3. The van der Waals surface area contributed by atoms with E-state index < -0.39 is 23.5 Å². The molecule has 0 fully saturated rings. The standard InChI is InChI=1S/C50H33F6N3/c1-30-13-18-35(19-14-30)57(37-9-5-7-33(26-37)49(51,52)53)39-22-17-32-25-44-41-24-23-40(29-46(41)59-45-12-4-3-11-42(45)47(48(44)59)43(32)28-39)58(36-20-15-31(2)16-21-36)38-10-6-8-34(27-38)50(54,55)56/h3-29H,1-2H3. The Bertz CT molecular complexity index is 3090. The van der Waals surface area contributed by atoms with Gasteiger partial charge in [-0.15, -0.1) is 0 Å². The third kappa shape index (κ3) is 6.07. The number of benzene rings is 8. The molecule has 0 N–H and O–H groups in total. The summed E-state index contributed by atoms with van der Waals surface area (Å²) in [6, 6.07) is 48.4. The Labute approximate surface area is 334 Å². The van der Waals surface area contributed by atoms with Crippen LogP contribution in [0.3, 0.4) is 0 Å². The van der Waals surface area contributed by atoms with Gasteiger partial charge in [0.25, 0.3) is 0 Å². The minimum Gasteiger partial charge on any atom is -0.310 e. The fraction of sp³-hybridized carbons (Fsp3) is 0.0800. The van der Waals surface area contributed by atoms with Crippen molar-refractivity contribution in [1.82, 2.24) is 4.40 Å². The predicted octanol–water partition coefficient (Wildman–Crippen LogP) is 15.6. The van der Waals surface area contributed by atoms with E-state index in [1.165, 1.54) is 24.3 Å². The van der Waals surface area contributed by atoms with Crippen molar-refractivity contribution in [2.75, 3.05) is 9.80 Å². The summed E-state index contributed by atoms with van der Waals surface area (Å²) in [5, 5.41) is 5.86. The quantitative estimate of drug-likeness (QED) is 0.155. The summed E-state index contributed by atoms with van der Waals surface area (Å²) < 4.78 is 86.4. The molecule has 0 saturated carbocycles. The molecule has 0 saturated heterocycles. The average Bonchev–Trinajstić information content (AvgIpc) is 3.74. The summed E-state index contributed by atoms with van der Waals surface area (Å²) >= 11 is 0. The lowest BCUT2D eigenvalue weighted by atomic mass is 9.99. The summed E-state index contributed by atoms with van der Waals surface area (Å²) in [7, 11) is 0. The molecule has 2 heterocycles. The topological polar surface area (TPSA) is 10.9 Å². The molecule has 9 heteroatoms. The smallest absolute Gasteiger partial charge is 0.310 e. The molecule has 0 aliphatic rings. The van der Waals surface area contributed by atoms with Gasteiger partial charge in [0.1, 0.15) is 0 Å². The third-order valence-corrected chi connectivity index (χ3v) is 11.2. The lowest BCUT2D eigenvalue weighted by Gasteiger charge is -2.27. The highest BCUT2D eigenvalue weighted by Gasteiger charge is 2.32. The molecule has 10 aromatic rings. The largest absolute Gasteiger partial charge is 0.416 e. The van der Waals surface area contributed by atoms with Crippen molar-refractivity contribution in [3.8, 4) is 0 Å². The molecule has 0 spiro atoms. The molecular formula is C50H33F6N3. The molecule has 2 aromatic heterocycles. The van der Waals surface area contributed by atoms with Crippen LogP contribution < -0.4 is 9.80 Å². The fourth-order valence-electron chi connectivity index (χ4n) is 8.47. The van der Waals surface area contributed by atoms with Crippen molar-refractivity contribution in [1.29, 1.82) is 0 Å². The highest BCUT2D eigenvalue weighted by atomic mass is 19.4. The highest BCUT2D eigenvalue weighted by molar-refractivity contribution is 6.31. The Kier molecular flexibility index (Phi) is 8.18. The Morgan fingerprint density at radius 1 is 0.390 bits per heavy atom. The lowest BCUT2D eigenvalue weighted by molar-refractivity contribution is -0.138. The maximum absolute atomic E-state index is 14.0. The molecule has 59 heavy (non-hydrogen) atoms. The van der Waals surface area contributed by atoms with Gasteiger partial charge in [-0.05, 0) is 122 Å². The van der Waals surface area contributed by atoms with Crippen LogP contribution >= 0.6 is 0 Å². The van der Waals surface area contributed by atoms with Gasteiger partial charge < -0.3 is 14.2 Å². The van der Waals surface area contributed by atoms with E-state index in [9.17, 15) is 26.3 Å². The molecule has 0 amide bonds. The Morgan fingerprint density at radius 2 is 0.898 bits per heavy atom. The van der Waals surface area contributed by atoms with Gasteiger partial charge >= 0.3 is 12.4 Å². The van der Waals surface area contributed by atoms with Crippen molar-refractivity contribution in [3.05, 3.63) is 186 Å². The zero-order valence-electron chi connectivity index (χ0n) is 31.7. The van der Waals surface area contributed by atoms with Gasteiger partial charge in [-0.1, -0.05) is 77.9 Å². The number of hydrogen-bond acceptors (Lipinski definition) is 2. The molecule has 0 aliphatic heterocycles. The number of anilines is 6. The molecule has 8 aromatic carbocycles. The van der Waals surface area contributed by atoms with Gasteiger partial charge in [-0.3, -0.25) is 0 Å². The van der Waals surface area contributed by atoms with Crippen molar-refractivity contribution >= 4 is 83.0 Å². The molecule has 10 rings (SSSR count). The maximum Gasteiger partial charge on any atom is 0.416 e. The molecule has 0 unspecified atom stereocenters. The first-order chi connectivity index (χ1) is 28.3. The van der Waals surface area contributed by atoms with E-state index in [1.807, 2.05) is 121 Å². The van der Waals surface area contributed by atoms with Crippen LogP contribution in [0.2, 0.25) is 0 Å². The Balaban J connectivity index is 1.22. The number of fused-ring (bicyclic) bond motifs is 8. The molecule has 0 aliphatic carbocycles. The van der Waals surface area contributed by atoms with E-state index in [2.05, 4.69) is 22.6 Å².